The van der Waals surface area contributed by atoms with Crippen LogP contribution >= 0.6 is 12.4 Å². The highest BCUT2D eigenvalue weighted by Crippen LogP contribution is 2.29. The molecule has 1 aromatic carbocycles. The predicted octanol–water partition coefficient (Wildman–Crippen LogP) is 5.38. The minimum atomic E-state index is -3.14. The zero-order valence-corrected chi connectivity index (χ0v) is 24.7. The average Bonchev–Trinajstić information content (AvgIpc) is 2.80. The van der Waals surface area contributed by atoms with Crippen molar-refractivity contribution in [1.82, 2.24) is 5.32 Å². The number of carbonyl (C=O) groups excluding carboxylic acids is 1. The van der Waals surface area contributed by atoms with E-state index in [0.717, 1.165) is 56.4 Å². The minimum absolute atomic E-state index is 0. The van der Waals surface area contributed by atoms with Crippen molar-refractivity contribution in [2.45, 2.75) is 83.8 Å². The molecule has 0 fully saturated rings. The van der Waals surface area contributed by atoms with E-state index >= 15 is 0 Å². The fourth-order valence-electron chi connectivity index (χ4n) is 3.59. The van der Waals surface area contributed by atoms with Gasteiger partial charge < -0.3 is 19.5 Å². The van der Waals surface area contributed by atoms with Gasteiger partial charge in [0.05, 0.1) is 24.2 Å². The smallest absolute Gasteiger partial charge is 0.222 e. The summed E-state index contributed by atoms with van der Waals surface area (Å²) in [5.74, 6) is 1.56. The summed E-state index contributed by atoms with van der Waals surface area (Å²) in [7, 11) is 0.191. The van der Waals surface area contributed by atoms with Gasteiger partial charge in [0.1, 0.15) is 0 Å². The van der Waals surface area contributed by atoms with Gasteiger partial charge in [-0.05, 0) is 64.2 Å². The number of unbranched alkanes of at least 4 members (excludes halogenated alkanes) is 3. The fraction of sp³-hybridized carbons (Fsp3) is 0.741. The van der Waals surface area contributed by atoms with E-state index in [0.29, 0.717) is 26.2 Å². The molecule has 0 aliphatic heterocycles. The maximum absolute atomic E-state index is 12.3. The number of sulfone groups is 1. The van der Waals surface area contributed by atoms with Crippen molar-refractivity contribution in [2.24, 2.45) is 5.92 Å². The lowest BCUT2D eigenvalue weighted by atomic mass is 10.00. The minimum Gasteiger partial charge on any atom is -0.493 e. The third-order valence-corrected chi connectivity index (χ3v) is 8.79. The molecule has 1 rings (SSSR count). The molecule has 7 nitrogen and oxygen atoms in total. The summed E-state index contributed by atoms with van der Waals surface area (Å²) in [6, 6.07) is 6.10. The van der Waals surface area contributed by atoms with Gasteiger partial charge in [0.2, 0.25) is 5.91 Å². The Kier molecular flexibility index (Phi) is 17.1. The first-order chi connectivity index (χ1) is 16.5. The number of carbonyl (C=O) groups is 1. The number of ether oxygens (including phenoxy) is 3. The number of halogens is 1. The van der Waals surface area contributed by atoms with Gasteiger partial charge in [-0.2, -0.15) is 0 Å². The number of benzene rings is 1. The van der Waals surface area contributed by atoms with Crippen LogP contribution in [0.15, 0.2) is 18.2 Å². The molecule has 1 amide bonds. The zero-order valence-electron chi connectivity index (χ0n) is 23.1. The first-order valence-corrected chi connectivity index (χ1v) is 14.5. The SMILES string of the molecule is COCCCOc1cc(CCCCCC[C@@H](C)C(=O)NCCCS(=O)(=O)C(C)(C)C)ccc1OC.Cl. The Morgan fingerprint density at radius 3 is 2.31 bits per heavy atom. The van der Waals surface area contributed by atoms with E-state index in [4.69, 9.17) is 14.2 Å². The molecule has 0 heterocycles. The second kappa shape index (κ2) is 17.9. The quantitative estimate of drug-likeness (QED) is 0.247. The lowest BCUT2D eigenvalue weighted by molar-refractivity contribution is -0.124. The highest BCUT2D eigenvalue weighted by molar-refractivity contribution is 7.92. The summed E-state index contributed by atoms with van der Waals surface area (Å²) in [5.41, 5.74) is 1.23. The second-order valence-corrected chi connectivity index (χ2v) is 13.0. The van der Waals surface area contributed by atoms with Gasteiger partial charge in [0.15, 0.2) is 21.3 Å². The summed E-state index contributed by atoms with van der Waals surface area (Å²) in [6.07, 6.45) is 7.37. The summed E-state index contributed by atoms with van der Waals surface area (Å²) >= 11 is 0. The van der Waals surface area contributed by atoms with Gasteiger partial charge in [-0.1, -0.05) is 32.3 Å². The van der Waals surface area contributed by atoms with Crippen LogP contribution < -0.4 is 14.8 Å². The lowest BCUT2D eigenvalue weighted by Crippen LogP contribution is -2.34. The summed E-state index contributed by atoms with van der Waals surface area (Å²) in [5, 5.41) is 2.88. The Labute approximate surface area is 225 Å². The van der Waals surface area contributed by atoms with E-state index in [1.165, 1.54) is 5.56 Å². The van der Waals surface area contributed by atoms with Crippen molar-refractivity contribution in [3.05, 3.63) is 23.8 Å². The van der Waals surface area contributed by atoms with Crippen LogP contribution in [0.3, 0.4) is 0 Å². The van der Waals surface area contributed by atoms with Gasteiger partial charge in [0, 0.05) is 32.6 Å². The first-order valence-electron chi connectivity index (χ1n) is 12.8. The average molecular weight is 550 g/mol. The van der Waals surface area contributed by atoms with Crippen molar-refractivity contribution in [2.75, 3.05) is 39.7 Å². The van der Waals surface area contributed by atoms with Crippen LogP contribution in [0, 0.1) is 5.92 Å². The van der Waals surface area contributed by atoms with Gasteiger partial charge in [-0.3, -0.25) is 4.79 Å². The molecule has 0 radical (unpaired) electrons. The zero-order chi connectivity index (χ0) is 26.3. The lowest BCUT2D eigenvalue weighted by Gasteiger charge is -2.19. The third-order valence-electron chi connectivity index (χ3n) is 6.10. The van der Waals surface area contributed by atoms with E-state index in [1.807, 2.05) is 13.0 Å². The Hall–Kier alpha value is -1.51. The molecule has 0 saturated heterocycles. The van der Waals surface area contributed by atoms with Gasteiger partial charge in [-0.15, -0.1) is 12.4 Å². The summed E-state index contributed by atoms with van der Waals surface area (Å²) < 4.78 is 39.8. The molecule has 210 valence electrons. The number of aryl methyl sites for hydroxylation is 1. The highest BCUT2D eigenvalue weighted by Gasteiger charge is 2.28. The molecule has 0 aliphatic carbocycles. The van der Waals surface area contributed by atoms with Gasteiger partial charge in [0.25, 0.3) is 0 Å². The summed E-state index contributed by atoms with van der Waals surface area (Å²) in [6.45, 7) is 8.72. The molecule has 0 spiro atoms. The molecule has 0 bridgehead atoms. The molecular formula is C27H48ClNO6S. The standard InChI is InChI=1S/C27H47NO6S.ClH/c1-22(26(29)28-17-11-20-35(30,31)27(2,3)4)13-9-7-8-10-14-23-15-16-24(33-6)25(21-23)34-19-12-18-32-5;/h15-16,21-22H,7-14,17-20H2,1-6H3,(H,28,29);1H/t22-;/m1./s1. The normalized spacial score (nSPS) is 12.5. The Balaban J connectivity index is 0.0000122. The number of rotatable bonds is 18. The molecule has 0 aliphatic rings. The van der Waals surface area contributed by atoms with Crippen LogP contribution in [-0.2, 0) is 25.8 Å². The van der Waals surface area contributed by atoms with Crippen molar-refractivity contribution < 1.29 is 27.4 Å². The number of amides is 1. The van der Waals surface area contributed by atoms with Crippen LogP contribution in [0.4, 0.5) is 0 Å². The maximum atomic E-state index is 12.3. The number of methoxy groups -OCH3 is 2. The van der Waals surface area contributed by atoms with Gasteiger partial charge >= 0.3 is 0 Å². The molecule has 9 heteroatoms. The first kappa shape index (κ1) is 34.5. The molecule has 0 aromatic heterocycles. The van der Waals surface area contributed by atoms with E-state index < -0.39 is 14.6 Å². The van der Waals surface area contributed by atoms with Crippen LogP contribution in [-0.4, -0.2) is 58.8 Å². The molecule has 36 heavy (non-hydrogen) atoms. The second-order valence-electron chi connectivity index (χ2n) is 10.1. The summed E-state index contributed by atoms with van der Waals surface area (Å²) in [4.78, 5) is 12.3. The van der Waals surface area contributed by atoms with Crippen molar-refractivity contribution in [3.63, 3.8) is 0 Å². The Bertz CT molecular complexity index is 854. The number of hydrogen-bond donors (Lipinski definition) is 1. The molecular weight excluding hydrogens is 502 g/mol. The predicted molar refractivity (Wildman–Crippen MR) is 149 cm³/mol. The molecule has 0 unspecified atom stereocenters. The molecule has 0 saturated carbocycles. The van der Waals surface area contributed by atoms with Crippen LogP contribution in [0.2, 0.25) is 0 Å². The van der Waals surface area contributed by atoms with E-state index in [-0.39, 0.29) is 30.0 Å². The topological polar surface area (TPSA) is 90.9 Å². The van der Waals surface area contributed by atoms with E-state index in [1.54, 1.807) is 35.0 Å². The number of nitrogens with one attached hydrogen (secondary N) is 1. The monoisotopic (exact) mass is 549 g/mol. The van der Waals surface area contributed by atoms with Crippen molar-refractivity contribution >= 4 is 28.2 Å². The molecule has 1 atom stereocenters. The molecule has 1 aromatic rings. The van der Waals surface area contributed by atoms with Crippen molar-refractivity contribution in [3.8, 4) is 11.5 Å². The van der Waals surface area contributed by atoms with Crippen LogP contribution in [0.1, 0.15) is 78.2 Å². The molecule has 1 N–H and O–H groups in total. The van der Waals surface area contributed by atoms with E-state index in [2.05, 4.69) is 17.4 Å². The Morgan fingerprint density at radius 2 is 1.67 bits per heavy atom. The van der Waals surface area contributed by atoms with Crippen molar-refractivity contribution in [1.29, 1.82) is 0 Å². The van der Waals surface area contributed by atoms with Crippen LogP contribution in [0.25, 0.3) is 0 Å². The van der Waals surface area contributed by atoms with Gasteiger partial charge in [-0.25, -0.2) is 8.42 Å². The van der Waals surface area contributed by atoms with E-state index in [9.17, 15) is 13.2 Å². The largest absolute Gasteiger partial charge is 0.493 e. The maximum Gasteiger partial charge on any atom is 0.222 e. The number of hydrogen-bond acceptors (Lipinski definition) is 6. The van der Waals surface area contributed by atoms with Crippen LogP contribution in [0.5, 0.6) is 11.5 Å². The highest BCUT2D eigenvalue weighted by atomic mass is 35.5. The third kappa shape index (κ3) is 13.2. The Morgan fingerprint density at radius 1 is 0.972 bits per heavy atom. The fourth-order valence-corrected chi connectivity index (χ4v) is 4.73.